The number of nitrogens with zero attached hydrogens (tertiary/aromatic N) is 1. The van der Waals surface area contributed by atoms with Crippen molar-refractivity contribution < 1.29 is 9.53 Å². The third-order valence-corrected chi connectivity index (χ3v) is 3.49. The molecule has 3 nitrogen and oxygen atoms in total. The van der Waals surface area contributed by atoms with Gasteiger partial charge < -0.3 is 9.64 Å². The van der Waals surface area contributed by atoms with Crippen molar-refractivity contribution in [1.82, 2.24) is 4.90 Å². The third-order valence-electron chi connectivity index (χ3n) is 3.26. The van der Waals surface area contributed by atoms with E-state index in [0.29, 0.717) is 25.1 Å². The summed E-state index contributed by atoms with van der Waals surface area (Å²) in [6.45, 7) is 2.19. The molecule has 1 amide bonds. The second-order valence-electron chi connectivity index (χ2n) is 4.05. The van der Waals surface area contributed by atoms with Gasteiger partial charge in [0.25, 0.3) is 0 Å². The molecule has 14 heavy (non-hydrogen) atoms. The Morgan fingerprint density at radius 3 is 3.14 bits per heavy atom. The molecular formula is C10H16ClNO2. The van der Waals surface area contributed by atoms with Crippen LogP contribution >= 0.6 is 11.6 Å². The number of carbonyl (C=O) groups is 1. The quantitative estimate of drug-likeness (QED) is 0.619. The Morgan fingerprint density at radius 1 is 1.50 bits per heavy atom. The fourth-order valence-electron chi connectivity index (χ4n) is 2.57. The van der Waals surface area contributed by atoms with Gasteiger partial charge in [0.05, 0.1) is 13.2 Å². The Labute approximate surface area is 89.4 Å². The minimum Gasteiger partial charge on any atom is -0.379 e. The van der Waals surface area contributed by atoms with E-state index in [-0.39, 0.29) is 11.8 Å². The maximum absolute atomic E-state index is 11.6. The first-order valence-electron chi connectivity index (χ1n) is 5.26. The van der Waals surface area contributed by atoms with Crippen molar-refractivity contribution in [1.29, 1.82) is 0 Å². The maximum atomic E-state index is 11.6. The molecule has 80 valence electrons. The SMILES string of the molecule is O=C(CCl)N1CCOC[C@@H]2CCC[C@@H]21. The average molecular weight is 218 g/mol. The molecule has 1 heterocycles. The van der Waals surface area contributed by atoms with Gasteiger partial charge in [-0.25, -0.2) is 0 Å². The number of fused-ring (bicyclic) bond motifs is 1. The number of ether oxygens (including phenoxy) is 1. The summed E-state index contributed by atoms with van der Waals surface area (Å²) in [4.78, 5) is 13.5. The second kappa shape index (κ2) is 4.49. The number of hydrogen-bond donors (Lipinski definition) is 0. The van der Waals surface area contributed by atoms with Crippen LogP contribution < -0.4 is 0 Å². The van der Waals surface area contributed by atoms with Gasteiger partial charge in [-0.1, -0.05) is 6.42 Å². The van der Waals surface area contributed by atoms with Crippen LogP contribution in [0.15, 0.2) is 0 Å². The molecule has 0 N–H and O–H groups in total. The molecule has 2 rings (SSSR count). The molecule has 2 atom stereocenters. The monoisotopic (exact) mass is 217 g/mol. The van der Waals surface area contributed by atoms with Crippen molar-refractivity contribution in [2.45, 2.75) is 25.3 Å². The maximum Gasteiger partial charge on any atom is 0.237 e. The van der Waals surface area contributed by atoms with Gasteiger partial charge in [-0.05, 0) is 12.8 Å². The summed E-state index contributed by atoms with van der Waals surface area (Å²) in [6, 6.07) is 0.392. The third kappa shape index (κ3) is 1.89. The Morgan fingerprint density at radius 2 is 2.36 bits per heavy atom. The Bertz CT molecular complexity index is 222. The van der Waals surface area contributed by atoms with Gasteiger partial charge in [-0.3, -0.25) is 4.79 Å². The standard InChI is InChI=1S/C10H16ClNO2/c11-6-10(13)12-4-5-14-7-8-2-1-3-9(8)12/h8-9H,1-7H2/t8-,9-/m0/s1. The molecule has 0 aromatic carbocycles. The van der Waals surface area contributed by atoms with Crippen LogP contribution in [-0.4, -0.2) is 42.5 Å². The molecule has 0 radical (unpaired) electrons. The molecular weight excluding hydrogens is 202 g/mol. The van der Waals surface area contributed by atoms with Crippen LogP contribution in [0.5, 0.6) is 0 Å². The Balaban J connectivity index is 2.08. The minimum atomic E-state index is 0.0640. The lowest BCUT2D eigenvalue weighted by atomic mass is 10.0. The molecule has 1 saturated heterocycles. The van der Waals surface area contributed by atoms with Crippen LogP contribution in [0.3, 0.4) is 0 Å². The van der Waals surface area contributed by atoms with E-state index >= 15 is 0 Å². The van der Waals surface area contributed by atoms with E-state index in [4.69, 9.17) is 16.3 Å². The number of hydrogen-bond acceptors (Lipinski definition) is 2. The van der Waals surface area contributed by atoms with Gasteiger partial charge in [-0.15, -0.1) is 11.6 Å². The van der Waals surface area contributed by atoms with Crippen molar-refractivity contribution in [2.75, 3.05) is 25.6 Å². The van der Waals surface area contributed by atoms with Gasteiger partial charge in [0, 0.05) is 18.5 Å². The van der Waals surface area contributed by atoms with Crippen LogP contribution in [-0.2, 0) is 9.53 Å². The summed E-state index contributed by atoms with van der Waals surface area (Å²) in [6.07, 6.45) is 3.53. The van der Waals surface area contributed by atoms with Gasteiger partial charge >= 0.3 is 0 Å². The molecule has 0 aromatic heterocycles. The topological polar surface area (TPSA) is 29.5 Å². The first kappa shape index (κ1) is 10.2. The highest BCUT2D eigenvalue weighted by molar-refractivity contribution is 6.27. The highest BCUT2D eigenvalue weighted by Crippen LogP contribution is 2.31. The van der Waals surface area contributed by atoms with Crippen LogP contribution in [0.1, 0.15) is 19.3 Å². The predicted molar refractivity (Wildman–Crippen MR) is 54.4 cm³/mol. The van der Waals surface area contributed by atoms with Gasteiger partial charge in [0.15, 0.2) is 0 Å². The van der Waals surface area contributed by atoms with Crippen LogP contribution in [0.2, 0.25) is 0 Å². The van der Waals surface area contributed by atoms with Crippen LogP contribution in [0, 0.1) is 5.92 Å². The molecule has 1 aliphatic heterocycles. The molecule has 1 saturated carbocycles. The largest absolute Gasteiger partial charge is 0.379 e. The van der Waals surface area contributed by atoms with Gasteiger partial charge in [0.1, 0.15) is 5.88 Å². The van der Waals surface area contributed by atoms with E-state index in [2.05, 4.69) is 0 Å². The molecule has 0 unspecified atom stereocenters. The number of alkyl halides is 1. The lowest BCUT2D eigenvalue weighted by Gasteiger charge is -2.29. The lowest BCUT2D eigenvalue weighted by molar-refractivity contribution is -0.131. The summed E-state index contributed by atoms with van der Waals surface area (Å²) in [5, 5.41) is 0. The smallest absolute Gasteiger partial charge is 0.237 e. The van der Waals surface area contributed by atoms with Crippen LogP contribution in [0.25, 0.3) is 0 Å². The van der Waals surface area contributed by atoms with Crippen molar-refractivity contribution in [3.63, 3.8) is 0 Å². The summed E-state index contributed by atoms with van der Waals surface area (Å²) in [7, 11) is 0. The van der Waals surface area contributed by atoms with E-state index in [1.807, 2.05) is 4.90 Å². The number of carbonyl (C=O) groups excluding carboxylic acids is 1. The highest BCUT2D eigenvalue weighted by atomic mass is 35.5. The molecule has 0 aromatic rings. The van der Waals surface area contributed by atoms with E-state index in [1.165, 1.54) is 12.8 Å². The zero-order valence-corrected chi connectivity index (χ0v) is 9.00. The highest BCUT2D eigenvalue weighted by Gasteiger charge is 2.35. The van der Waals surface area contributed by atoms with Gasteiger partial charge in [-0.2, -0.15) is 0 Å². The average Bonchev–Trinajstić information content (AvgIpc) is 2.57. The van der Waals surface area contributed by atoms with Crippen molar-refractivity contribution in [3.8, 4) is 0 Å². The number of halogens is 1. The van der Waals surface area contributed by atoms with Crippen molar-refractivity contribution in [3.05, 3.63) is 0 Å². The molecule has 1 aliphatic carbocycles. The summed E-state index contributed by atoms with van der Waals surface area (Å²) >= 11 is 5.60. The van der Waals surface area contributed by atoms with E-state index in [0.717, 1.165) is 13.0 Å². The molecule has 4 heteroatoms. The van der Waals surface area contributed by atoms with Gasteiger partial charge in [0.2, 0.25) is 5.91 Å². The first-order valence-corrected chi connectivity index (χ1v) is 5.79. The molecule has 2 fully saturated rings. The second-order valence-corrected chi connectivity index (χ2v) is 4.32. The van der Waals surface area contributed by atoms with Crippen molar-refractivity contribution in [2.24, 2.45) is 5.92 Å². The summed E-state index contributed by atoms with van der Waals surface area (Å²) < 4.78 is 5.50. The van der Waals surface area contributed by atoms with E-state index in [9.17, 15) is 4.79 Å². The molecule has 0 bridgehead atoms. The minimum absolute atomic E-state index is 0.0640. The zero-order valence-electron chi connectivity index (χ0n) is 8.25. The van der Waals surface area contributed by atoms with E-state index < -0.39 is 0 Å². The lowest BCUT2D eigenvalue weighted by Crippen LogP contribution is -2.43. The Kier molecular flexibility index (Phi) is 3.29. The van der Waals surface area contributed by atoms with E-state index in [1.54, 1.807) is 0 Å². The predicted octanol–water partition coefficient (Wildman–Crippen LogP) is 1.25. The fourth-order valence-corrected chi connectivity index (χ4v) is 2.73. The summed E-state index contributed by atoms with van der Waals surface area (Å²) in [5.74, 6) is 0.710. The fraction of sp³-hybridized carbons (Fsp3) is 0.900. The molecule has 0 spiro atoms. The van der Waals surface area contributed by atoms with Crippen LogP contribution in [0.4, 0.5) is 0 Å². The number of rotatable bonds is 1. The molecule has 2 aliphatic rings. The zero-order chi connectivity index (χ0) is 9.97. The summed E-state index contributed by atoms with van der Waals surface area (Å²) in [5.41, 5.74) is 0. The first-order chi connectivity index (χ1) is 6.83. The number of amides is 1. The Hall–Kier alpha value is -0.280. The van der Waals surface area contributed by atoms with Crippen molar-refractivity contribution >= 4 is 17.5 Å². The normalized spacial score (nSPS) is 32.5.